The minimum Gasteiger partial charge on any atom is -0.490 e. The lowest BCUT2D eigenvalue weighted by Crippen LogP contribution is -2.20. The van der Waals surface area contributed by atoms with Crippen molar-refractivity contribution in [2.75, 3.05) is 18.5 Å². The number of para-hydroxylation sites is 1. The summed E-state index contributed by atoms with van der Waals surface area (Å²) in [6.07, 6.45) is 3.19. The van der Waals surface area contributed by atoms with E-state index in [0.717, 1.165) is 16.8 Å². The number of amides is 1. The molecule has 164 valence electrons. The van der Waals surface area contributed by atoms with E-state index < -0.39 is 0 Å². The summed E-state index contributed by atoms with van der Waals surface area (Å²) >= 11 is 5.86. The number of aryl methyl sites for hydroxylation is 1. The second-order valence-electron chi connectivity index (χ2n) is 7.00. The van der Waals surface area contributed by atoms with Crippen molar-refractivity contribution in [3.05, 3.63) is 94.5 Å². The molecule has 0 fully saturated rings. The van der Waals surface area contributed by atoms with Gasteiger partial charge in [0, 0.05) is 16.3 Å². The van der Waals surface area contributed by atoms with Gasteiger partial charge in [-0.05, 0) is 73.5 Å². The number of anilines is 1. The Hall–Kier alpha value is -3.57. The number of allylic oxidation sites excluding steroid dienone is 1. The topological polar surface area (TPSA) is 64.6 Å². The van der Waals surface area contributed by atoms with Crippen LogP contribution in [0.5, 0.6) is 11.5 Å². The van der Waals surface area contributed by atoms with Crippen molar-refractivity contribution >= 4 is 35.1 Å². The van der Waals surface area contributed by atoms with Crippen molar-refractivity contribution < 1.29 is 19.1 Å². The lowest BCUT2D eigenvalue weighted by Gasteiger charge is -2.13. The minimum absolute atomic E-state index is 0.132. The van der Waals surface area contributed by atoms with Gasteiger partial charge in [0.1, 0.15) is 0 Å². The monoisotopic (exact) mass is 449 g/mol. The van der Waals surface area contributed by atoms with Crippen LogP contribution in [-0.4, -0.2) is 24.9 Å². The molecule has 0 aromatic heterocycles. The second kappa shape index (κ2) is 11.2. The molecule has 6 heteroatoms. The molecule has 0 aliphatic rings. The summed E-state index contributed by atoms with van der Waals surface area (Å²) in [5.41, 5.74) is 3.04. The van der Waals surface area contributed by atoms with Crippen LogP contribution in [0.2, 0.25) is 5.02 Å². The van der Waals surface area contributed by atoms with Crippen LogP contribution in [0.4, 0.5) is 5.69 Å². The molecule has 0 spiro atoms. The van der Waals surface area contributed by atoms with E-state index in [4.69, 9.17) is 21.1 Å². The summed E-state index contributed by atoms with van der Waals surface area (Å²) in [6.45, 7) is 4.07. The van der Waals surface area contributed by atoms with Gasteiger partial charge in [-0.2, -0.15) is 0 Å². The van der Waals surface area contributed by atoms with Crippen molar-refractivity contribution in [2.24, 2.45) is 0 Å². The van der Waals surface area contributed by atoms with E-state index >= 15 is 0 Å². The Morgan fingerprint density at radius 3 is 2.44 bits per heavy atom. The number of rotatable bonds is 9. The van der Waals surface area contributed by atoms with Gasteiger partial charge in [-0.3, -0.25) is 9.59 Å². The number of ketones is 1. The Morgan fingerprint density at radius 2 is 1.72 bits per heavy atom. The molecular weight excluding hydrogens is 426 g/mol. The Balaban J connectivity index is 1.66. The zero-order valence-electron chi connectivity index (χ0n) is 17.9. The van der Waals surface area contributed by atoms with Gasteiger partial charge < -0.3 is 14.8 Å². The van der Waals surface area contributed by atoms with Gasteiger partial charge in [0.25, 0.3) is 5.91 Å². The van der Waals surface area contributed by atoms with E-state index in [1.165, 1.54) is 6.08 Å². The first-order valence-electron chi connectivity index (χ1n) is 10.2. The summed E-state index contributed by atoms with van der Waals surface area (Å²) in [5, 5.41) is 3.41. The van der Waals surface area contributed by atoms with Crippen LogP contribution in [0.25, 0.3) is 6.08 Å². The number of carbonyl (C=O) groups is 2. The SMILES string of the molecule is CCOc1cc(/C=C/C(=O)c2ccc(Cl)cc2)ccc1OCC(=O)Nc1ccccc1C. The number of halogens is 1. The predicted octanol–water partition coefficient (Wildman–Crippen LogP) is 5.96. The van der Waals surface area contributed by atoms with Crippen LogP contribution >= 0.6 is 11.6 Å². The molecule has 3 rings (SSSR count). The highest BCUT2D eigenvalue weighted by atomic mass is 35.5. The molecule has 0 aliphatic carbocycles. The third kappa shape index (κ3) is 6.46. The van der Waals surface area contributed by atoms with E-state index in [2.05, 4.69) is 5.32 Å². The van der Waals surface area contributed by atoms with Gasteiger partial charge in [0.15, 0.2) is 23.9 Å². The van der Waals surface area contributed by atoms with Crippen molar-refractivity contribution in [3.8, 4) is 11.5 Å². The van der Waals surface area contributed by atoms with Crippen molar-refractivity contribution in [3.63, 3.8) is 0 Å². The summed E-state index contributed by atoms with van der Waals surface area (Å²) in [5.74, 6) is 0.553. The number of hydrogen-bond donors (Lipinski definition) is 1. The molecule has 0 unspecified atom stereocenters. The zero-order chi connectivity index (χ0) is 22.9. The molecule has 0 heterocycles. The summed E-state index contributed by atoms with van der Waals surface area (Å²) in [7, 11) is 0. The molecule has 0 aliphatic heterocycles. The van der Waals surface area contributed by atoms with Gasteiger partial charge in [0.05, 0.1) is 6.61 Å². The minimum atomic E-state index is -0.265. The Morgan fingerprint density at radius 1 is 0.969 bits per heavy atom. The number of carbonyl (C=O) groups excluding carboxylic acids is 2. The summed E-state index contributed by atoms with van der Waals surface area (Å²) in [6, 6.07) is 19.5. The van der Waals surface area contributed by atoms with Gasteiger partial charge in [-0.1, -0.05) is 41.9 Å². The van der Waals surface area contributed by atoms with Gasteiger partial charge >= 0.3 is 0 Å². The Bertz CT molecular complexity index is 1120. The average Bonchev–Trinajstić information content (AvgIpc) is 2.79. The molecule has 3 aromatic rings. The second-order valence-corrected chi connectivity index (χ2v) is 7.43. The molecule has 1 N–H and O–H groups in total. The van der Waals surface area contributed by atoms with Crippen LogP contribution in [-0.2, 0) is 4.79 Å². The average molecular weight is 450 g/mol. The highest BCUT2D eigenvalue weighted by Crippen LogP contribution is 2.29. The molecule has 0 atom stereocenters. The maximum atomic E-state index is 12.3. The van der Waals surface area contributed by atoms with E-state index in [-0.39, 0.29) is 18.3 Å². The molecule has 0 bridgehead atoms. The number of ether oxygens (including phenoxy) is 2. The number of hydrogen-bond acceptors (Lipinski definition) is 4. The Labute approximate surface area is 192 Å². The van der Waals surface area contributed by atoms with Crippen LogP contribution in [0.3, 0.4) is 0 Å². The maximum Gasteiger partial charge on any atom is 0.262 e. The van der Waals surface area contributed by atoms with Gasteiger partial charge in [-0.15, -0.1) is 0 Å². The van der Waals surface area contributed by atoms with E-state index in [9.17, 15) is 9.59 Å². The summed E-state index contributed by atoms with van der Waals surface area (Å²) < 4.78 is 11.3. The van der Waals surface area contributed by atoms with E-state index in [1.807, 2.05) is 38.1 Å². The fraction of sp³-hybridized carbons (Fsp3) is 0.154. The molecule has 0 radical (unpaired) electrons. The molecule has 5 nitrogen and oxygen atoms in total. The molecule has 0 saturated carbocycles. The number of nitrogens with one attached hydrogen (secondary N) is 1. The van der Waals surface area contributed by atoms with E-state index in [1.54, 1.807) is 48.5 Å². The van der Waals surface area contributed by atoms with Crippen LogP contribution in [0.15, 0.2) is 72.8 Å². The van der Waals surface area contributed by atoms with Crippen LogP contribution in [0.1, 0.15) is 28.4 Å². The molecule has 32 heavy (non-hydrogen) atoms. The summed E-state index contributed by atoms with van der Waals surface area (Å²) in [4.78, 5) is 24.6. The van der Waals surface area contributed by atoms with Crippen molar-refractivity contribution in [1.82, 2.24) is 0 Å². The normalized spacial score (nSPS) is 10.7. The first-order chi connectivity index (χ1) is 15.5. The first kappa shape index (κ1) is 23.1. The fourth-order valence-corrected chi connectivity index (χ4v) is 3.07. The molecule has 0 saturated heterocycles. The largest absolute Gasteiger partial charge is 0.490 e. The van der Waals surface area contributed by atoms with Crippen LogP contribution in [0, 0.1) is 6.92 Å². The third-order valence-electron chi connectivity index (χ3n) is 4.60. The lowest BCUT2D eigenvalue weighted by atomic mass is 10.1. The fourth-order valence-electron chi connectivity index (χ4n) is 2.94. The van der Waals surface area contributed by atoms with Crippen molar-refractivity contribution in [1.29, 1.82) is 0 Å². The van der Waals surface area contributed by atoms with Gasteiger partial charge in [-0.25, -0.2) is 0 Å². The lowest BCUT2D eigenvalue weighted by molar-refractivity contribution is -0.118. The smallest absolute Gasteiger partial charge is 0.262 e. The van der Waals surface area contributed by atoms with E-state index in [0.29, 0.717) is 28.7 Å². The molecular formula is C26H24ClNO4. The molecule has 1 amide bonds. The standard InChI is InChI=1S/C26H24ClNO4/c1-3-31-25-16-19(8-14-23(29)20-10-12-21(27)13-11-20)9-15-24(25)32-17-26(30)28-22-7-5-4-6-18(22)2/h4-16H,3,17H2,1-2H3,(H,28,30)/b14-8+. The van der Waals surface area contributed by atoms with Crippen LogP contribution < -0.4 is 14.8 Å². The highest BCUT2D eigenvalue weighted by molar-refractivity contribution is 6.30. The zero-order valence-corrected chi connectivity index (χ0v) is 18.7. The first-order valence-corrected chi connectivity index (χ1v) is 10.6. The predicted molar refractivity (Wildman–Crippen MR) is 128 cm³/mol. The van der Waals surface area contributed by atoms with Gasteiger partial charge in [0.2, 0.25) is 0 Å². The van der Waals surface area contributed by atoms with Crippen molar-refractivity contribution in [2.45, 2.75) is 13.8 Å². The Kier molecular flexibility index (Phi) is 8.06. The third-order valence-corrected chi connectivity index (χ3v) is 4.85. The maximum absolute atomic E-state index is 12.3. The number of benzene rings is 3. The molecule has 3 aromatic carbocycles. The quantitative estimate of drug-likeness (QED) is 0.323. The highest BCUT2D eigenvalue weighted by Gasteiger charge is 2.10.